The molecule has 1 amide bonds. The molecular formula is C19H24ClNO3. The smallest absolute Gasteiger partial charge is 0.317 e. The van der Waals surface area contributed by atoms with E-state index in [0.29, 0.717) is 10.9 Å². The first kappa shape index (κ1) is 17.3. The lowest BCUT2D eigenvalue weighted by Crippen LogP contribution is -2.40. The van der Waals surface area contributed by atoms with Crippen LogP contribution in [0.1, 0.15) is 51.0 Å². The van der Waals surface area contributed by atoms with Crippen molar-refractivity contribution >= 4 is 23.5 Å². The van der Waals surface area contributed by atoms with E-state index in [-0.39, 0.29) is 24.5 Å². The molecular weight excluding hydrogens is 326 g/mol. The van der Waals surface area contributed by atoms with Crippen LogP contribution in [0.15, 0.2) is 24.3 Å². The van der Waals surface area contributed by atoms with Crippen molar-refractivity contribution in [2.75, 3.05) is 6.61 Å². The number of nitrogens with one attached hydrogen (secondary N) is 1. The molecule has 130 valence electrons. The van der Waals surface area contributed by atoms with Crippen molar-refractivity contribution in [2.45, 2.75) is 56.9 Å². The highest BCUT2D eigenvalue weighted by atomic mass is 35.5. The Morgan fingerprint density at radius 1 is 1.25 bits per heavy atom. The molecule has 0 unspecified atom stereocenters. The first-order valence-corrected chi connectivity index (χ1v) is 9.12. The molecule has 0 spiro atoms. The van der Waals surface area contributed by atoms with Gasteiger partial charge in [-0.1, -0.05) is 36.6 Å². The van der Waals surface area contributed by atoms with Gasteiger partial charge in [0.15, 0.2) is 6.61 Å². The van der Waals surface area contributed by atoms with Crippen molar-refractivity contribution in [3.8, 4) is 0 Å². The van der Waals surface area contributed by atoms with Crippen molar-refractivity contribution < 1.29 is 14.3 Å². The van der Waals surface area contributed by atoms with Gasteiger partial charge >= 0.3 is 5.97 Å². The second-order valence-electron chi connectivity index (χ2n) is 7.07. The standard InChI is InChI=1S/C19H24ClNO3/c1-13(14-4-5-14)21-17(22)12-24-18(23)19(10-2-3-11-19)15-6-8-16(20)9-7-15/h6-9,13-14H,2-5,10-12H2,1H3,(H,21,22)/t13-/m0/s1. The Morgan fingerprint density at radius 2 is 1.88 bits per heavy atom. The van der Waals surface area contributed by atoms with E-state index < -0.39 is 5.41 Å². The van der Waals surface area contributed by atoms with E-state index in [9.17, 15) is 9.59 Å². The van der Waals surface area contributed by atoms with E-state index in [4.69, 9.17) is 16.3 Å². The quantitative estimate of drug-likeness (QED) is 0.798. The summed E-state index contributed by atoms with van der Waals surface area (Å²) in [5.74, 6) is 0.0726. The SMILES string of the molecule is C[C@H](NC(=O)COC(=O)C1(c2ccc(Cl)cc2)CCCC1)C1CC1. The number of ether oxygens (including phenoxy) is 1. The molecule has 5 heteroatoms. The maximum absolute atomic E-state index is 12.8. The molecule has 1 aromatic carbocycles. The molecule has 0 aromatic heterocycles. The molecule has 1 aromatic rings. The Labute approximate surface area is 147 Å². The molecule has 1 atom stereocenters. The number of carbonyl (C=O) groups excluding carboxylic acids is 2. The average molecular weight is 350 g/mol. The number of esters is 1. The van der Waals surface area contributed by atoms with E-state index in [0.717, 1.165) is 31.2 Å². The van der Waals surface area contributed by atoms with Crippen LogP contribution in [0.3, 0.4) is 0 Å². The first-order valence-electron chi connectivity index (χ1n) is 8.74. The summed E-state index contributed by atoms with van der Waals surface area (Å²) in [5.41, 5.74) is 0.300. The summed E-state index contributed by atoms with van der Waals surface area (Å²) in [4.78, 5) is 24.7. The summed E-state index contributed by atoms with van der Waals surface area (Å²) in [5, 5.41) is 3.56. The minimum atomic E-state index is -0.632. The zero-order valence-electron chi connectivity index (χ0n) is 14.0. The number of carbonyl (C=O) groups is 2. The average Bonchev–Trinajstić information content (AvgIpc) is 3.31. The molecule has 0 radical (unpaired) electrons. The van der Waals surface area contributed by atoms with Crippen LogP contribution in [0.5, 0.6) is 0 Å². The van der Waals surface area contributed by atoms with Crippen LogP contribution in [0, 0.1) is 5.92 Å². The van der Waals surface area contributed by atoms with E-state index >= 15 is 0 Å². The third-order valence-corrected chi connectivity index (χ3v) is 5.55. The number of amides is 1. The Balaban J connectivity index is 1.62. The number of hydrogen-bond donors (Lipinski definition) is 1. The van der Waals surface area contributed by atoms with Gasteiger partial charge in [-0.15, -0.1) is 0 Å². The van der Waals surface area contributed by atoms with E-state index in [2.05, 4.69) is 5.32 Å². The number of rotatable bonds is 6. The van der Waals surface area contributed by atoms with Gasteiger partial charge in [-0.2, -0.15) is 0 Å². The highest BCUT2D eigenvalue weighted by Crippen LogP contribution is 2.42. The molecule has 0 bridgehead atoms. The molecule has 2 fully saturated rings. The number of benzene rings is 1. The summed E-state index contributed by atoms with van der Waals surface area (Å²) in [6.45, 7) is 1.80. The van der Waals surface area contributed by atoms with Gasteiger partial charge in [0.25, 0.3) is 5.91 Å². The monoisotopic (exact) mass is 349 g/mol. The Morgan fingerprint density at radius 3 is 2.46 bits per heavy atom. The number of halogens is 1. The van der Waals surface area contributed by atoms with Crippen molar-refractivity contribution in [3.63, 3.8) is 0 Å². The van der Waals surface area contributed by atoms with Crippen molar-refractivity contribution in [2.24, 2.45) is 5.92 Å². The minimum Gasteiger partial charge on any atom is -0.455 e. The first-order chi connectivity index (χ1) is 11.5. The highest BCUT2D eigenvalue weighted by Gasteiger charge is 2.44. The van der Waals surface area contributed by atoms with Gasteiger partial charge in [-0.3, -0.25) is 9.59 Å². The summed E-state index contributed by atoms with van der Waals surface area (Å²) in [7, 11) is 0. The normalized spacial score (nSPS) is 20.4. The molecule has 0 aliphatic heterocycles. The second kappa shape index (κ2) is 7.14. The molecule has 1 N–H and O–H groups in total. The lowest BCUT2D eigenvalue weighted by atomic mass is 9.79. The molecule has 3 rings (SSSR count). The molecule has 4 nitrogen and oxygen atoms in total. The van der Waals surface area contributed by atoms with Gasteiger partial charge < -0.3 is 10.1 Å². The van der Waals surface area contributed by atoms with Crippen molar-refractivity contribution in [1.29, 1.82) is 0 Å². The Kier molecular flexibility index (Phi) is 5.14. The molecule has 2 saturated carbocycles. The fraction of sp³-hybridized carbons (Fsp3) is 0.579. The van der Waals surface area contributed by atoms with Gasteiger partial charge in [-0.05, 0) is 56.2 Å². The van der Waals surface area contributed by atoms with E-state index in [1.807, 2.05) is 19.1 Å². The highest BCUT2D eigenvalue weighted by molar-refractivity contribution is 6.30. The van der Waals surface area contributed by atoms with Crippen LogP contribution in [-0.2, 0) is 19.7 Å². The largest absolute Gasteiger partial charge is 0.455 e. The van der Waals surface area contributed by atoms with E-state index in [1.54, 1.807) is 12.1 Å². The van der Waals surface area contributed by atoms with Crippen LogP contribution in [0.25, 0.3) is 0 Å². The third-order valence-electron chi connectivity index (χ3n) is 5.30. The maximum Gasteiger partial charge on any atom is 0.317 e. The fourth-order valence-corrected chi connectivity index (χ4v) is 3.76. The topological polar surface area (TPSA) is 55.4 Å². The molecule has 2 aliphatic rings. The van der Waals surface area contributed by atoms with Gasteiger partial charge in [-0.25, -0.2) is 0 Å². The summed E-state index contributed by atoms with van der Waals surface area (Å²) in [6.07, 6.45) is 5.83. The zero-order chi connectivity index (χ0) is 17.2. The zero-order valence-corrected chi connectivity index (χ0v) is 14.8. The van der Waals surface area contributed by atoms with Gasteiger partial charge in [0, 0.05) is 11.1 Å². The van der Waals surface area contributed by atoms with Crippen molar-refractivity contribution in [3.05, 3.63) is 34.9 Å². The summed E-state index contributed by atoms with van der Waals surface area (Å²) < 4.78 is 5.39. The van der Waals surface area contributed by atoms with Crippen LogP contribution in [0.2, 0.25) is 5.02 Å². The Hall–Kier alpha value is -1.55. The van der Waals surface area contributed by atoms with Crippen molar-refractivity contribution in [1.82, 2.24) is 5.32 Å². The van der Waals surface area contributed by atoms with Crippen LogP contribution >= 0.6 is 11.6 Å². The van der Waals surface area contributed by atoms with Crippen LogP contribution < -0.4 is 5.32 Å². The molecule has 0 heterocycles. The summed E-state index contributed by atoms with van der Waals surface area (Å²) in [6, 6.07) is 7.55. The predicted octanol–water partition coefficient (Wildman–Crippen LogP) is 3.61. The van der Waals surface area contributed by atoms with Gasteiger partial charge in [0.2, 0.25) is 0 Å². The van der Waals surface area contributed by atoms with Crippen LogP contribution in [0.4, 0.5) is 0 Å². The third kappa shape index (κ3) is 3.75. The van der Waals surface area contributed by atoms with Gasteiger partial charge in [0.05, 0.1) is 5.41 Å². The lowest BCUT2D eigenvalue weighted by molar-refractivity contribution is -0.154. The lowest BCUT2D eigenvalue weighted by Gasteiger charge is -2.27. The molecule has 2 aliphatic carbocycles. The second-order valence-corrected chi connectivity index (χ2v) is 7.50. The number of hydrogen-bond acceptors (Lipinski definition) is 3. The van der Waals surface area contributed by atoms with E-state index in [1.165, 1.54) is 12.8 Å². The molecule has 0 saturated heterocycles. The van der Waals surface area contributed by atoms with Crippen LogP contribution in [-0.4, -0.2) is 24.5 Å². The molecule has 24 heavy (non-hydrogen) atoms. The minimum absolute atomic E-state index is 0.160. The van der Waals surface area contributed by atoms with Gasteiger partial charge in [0.1, 0.15) is 0 Å². The maximum atomic E-state index is 12.8. The fourth-order valence-electron chi connectivity index (χ4n) is 3.64. The Bertz CT molecular complexity index is 604. The predicted molar refractivity (Wildman–Crippen MR) is 92.9 cm³/mol. The summed E-state index contributed by atoms with van der Waals surface area (Å²) >= 11 is 5.96.